The van der Waals surface area contributed by atoms with Gasteiger partial charge in [-0.25, -0.2) is 0 Å². The molecule has 14 heteroatoms. The summed E-state index contributed by atoms with van der Waals surface area (Å²) in [5.74, 6) is -0.795. The van der Waals surface area contributed by atoms with Crippen molar-refractivity contribution in [1.29, 1.82) is 0 Å². The zero-order valence-corrected chi connectivity index (χ0v) is 26.6. The highest BCUT2D eigenvalue weighted by Gasteiger charge is 2.26. The summed E-state index contributed by atoms with van der Waals surface area (Å²) in [4.78, 5) is 26.5. The van der Waals surface area contributed by atoms with Crippen LogP contribution in [0.5, 0.6) is 0 Å². The van der Waals surface area contributed by atoms with Crippen LogP contribution in [0.4, 0.5) is 11.4 Å². The maximum absolute atomic E-state index is 13.3. The summed E-state index contributed by atoms with van der Waals surface area (Å²) in [6.07, 6.45) is 3.63. The molecule has 0 unspecified atom stereocenters. The van der Waals surface area contributed by atoms with Crippen molar-refractivity contribution in [2.75, 3.05) is 36.9 Å². The number of aromatic nitrogens is 4. The molecule has 242 valence electrons. The first kappa shape index (κ1) is 32.2. The Labute approximate surface area is 276 Å². The highest BCUT2D eigenvalue weighted by molar-refractivity contribution is 6.40. The molecule has 0 radical (unpaired) electrons. The van der Waals surface area contributed by atoms with Gasteiger partial charge >= 0.3 is 0 Å². The lowest BCUT2D eigenvalue weighted by atomic mass is 10.0. The number of rotatable bonds is 11. The molecule has 2 aliphatic rings. The van der Waals surface area contributed by atoms with Gasteiger partial charge in [-0.15, -0.1) is 0 Å². The van der Waals surface area contributed by atoms with Crippen LogP contribution in [0.1, 0.15) is 70.1 Å². The lowest BCUT2D eigenvalue weighted by Crippen LogP contribution is -2.29. The largest absolute Gasteiger partial charge is 0.395 e. The number of aliphatic hydroxyl groups excluding tert-OH is 2. The van der Waals surface area contributed by atoms with Crippen molar-refractivity contribution in [2.24, 2.45) is 0 Å². The van der Waals surface area contributed by atoms with Gasteiger partial charge in [-0.2, -0.15) is 10.2 Å². The number of fused-ring (bicyclic) bond motifs is 2. The van der Waals surface area contributed by atoms with Gasteiger partial charge in [0.05, 0.1) is 46.0 Å². The monoisotopic (exact) mass is 666 g/mol. The third kappa shape index (κ3) is 6.68. The van der Waals surface area contributed by atoms with E-state index in [4.69, 9.17) is 23.2 Å². The van der Waals surface area contributed by atoms with Gasteiger partial charge in [0.1, 0.15) is 0 Å². The summed E-state index contributed by atoms with van der Waals surface area (Å²) >= 11 is 13.7. The summed E-state index contributed by atoms with van der Waals surface area (Å²) < 4.78 is 3.66. The molecule has 0 saturated heterocycles. The molecule has 2 atom stereocenters. The fourth-order valence-corrected chi connectivity index (χ4v) is 6.68. The summed E-state index contributed by atoms with van der Waals surface area (Å²) in [5.41, 5.74) is 4.30. The molecule has 12 nitrogen and oxygen atoms in total. The highest BCUT2D eigenvalue weighted by Crippen LogP contribution is 2.40. The van der Waals surface area contributed by atoms with Crippen LogP contribution in [0, 0.1) is 0 Å². The minimum Gasteiger partial charge on any atom is -0.395 e. The summed E-state index contributed by atoms with van der Waals surface area (Å²) in [7, 11) is 0. The number of benzene rings is 2. The average molecular weight is 668 g/mol. The first-order valence-corrected chi connectivity index (χ1v) is 16.2. The Morgan fingerprint density at radius 1 is 0.739 bits per heavy atom. The number of hydrogen-bond donors (Lipinski definition) is 6. The van der Waals surface area contributed by atoms with Gasteiger partial charge in [-0.05, 0) is 49.9 Å². The highest BCUT2D eigenvalue weighted by atomic mass is 35.5. The smallest absolute Gasteiger partial charge is 0.276 e. The van der Waals surface area contributed by atoms with Crippen LogP contribution in [-0.2, 0) is 13.1 Å². The van der Waals surface area contributed by atoms with Gasteiger partial charge in [0, 0.05) is 49.4 Å². The molecule has 2 aromatic carbocycles. The second-order valence-electron chi connectivity index (χ2n) is 11.3. The quantitative estimate of drug-likeness (QED) is 0.138. The molecule has 0 aliphatic carbocycles. The van der Waals surface area contributed by atoms with E-state index < -0.39 is 11.8 Å². The van der Waals surface area contributed by atoms with Gasteiger partial charge < -0.3 is 31.5 Å². The number of aliphatic hydroxyl groups is 2. The van der Waals surface area contributed by atoms with Crippen LogP contribution < -0.4 is 21.3 Å². The van der Waals surface area contributed by atoms with Crippen molar-refractivity contribution in [3.8, 4) is 11.1 Å². The Kier molecular flexibility index (Phi) is 10.0. The molecule has 4 aromatic rings. The minimum absolute atomic E-state index is 0.0154. The van der Waals surface area contributed by atoms with E-state index in [-0.39, 0.29) is 46.7 Å². The molecule has 6 N–H and O–H groups in total. The Morgan fingerprint density at radius 2 is 1.17 bits per heavy atom. The van der Waals surface area contributed by atoms with Gasteiger partial charge in [0.2, 0.25) is 0 Å². The second-order valence-corrected chi connectivity index (χ2v) is 12.1. The predicted molar refractivity (Wildman–Crippen MR) is 176 cm³/mol. The van der Waals surface area contributed by atoms with Crippen molar-refractivity contribution >= 4 is 46.4 Å². The standard InChI is InChI=1S/C32H36Cl2N8O4/c33-29-19(5-1-7-23(29)37-31(45)25-17-27-21(35-11-15-43)9-3-13-41(27)39-25)20-6-2-8-24(30(20)34)38-32(46)26-18-28-22(36-12-16-44)10-4-14-42(28)40-26/h1-2,5-8,17-18,21-22,35-36,43-44H,3-4,9-16H2,(H,37,45)(H,38,46)/t21-,22-/m0/s1. The van der Waals surface area contributed by atoms with Crippen LogP contribution >= 0.6 is 23.2 Å². The van der Waals surface area contributed by atoms with E-state index in [9.17, 15) is 19.8 Å². The fourth-order valence-electron chi connectivity index (χ4n) is 6.13. The lowest BCUT2D eigenvalue weighted by Gasteiger charge is -2.24. The molecule has 0 fully saturated rings. The minimum atomic E-state index is -0.398. The Morgan fingerprint density at radius 3 is 1.59 bits per heavy atom. The van der Waals surface area contributed by atoms with Crippen molar-refractivity contribution in [3.63, 3.8) is 0 Å². The van der Waals surface area contributed by atoms with Gasteiger partial charge in [0.25, 0.3) is 11.8 Å². The molecule has 46 heavy (non-hydrogen) atoms. The van der Waals surface area contributed by atoms with E-state index in [0.717, 1.165) is 37.1 Å². The normalized spacial score (nSPS) is 17.3. The van der Waals surface area contributed by atoms with Crippen molar-refractivity contribution in [1.82, 2.24) is 30.2 Å². The molecule has 2 aromatic heterocycles. The molecular formula is C32H36Cl2N8O4. The SMILES string of the molecule is O=C(Nc1cccc(-c2cccc(NC(=O)c3cc4n(n3)CCC[C@@H]4NCCO)c2Cl)c1Cl)c1cc2n(n1)CCC[C@@H]2NCCO. The first-order chi connectivity index (χ1) is 22.4. The number of carbonyl (C=O) groups excluding carboxylic acids is 2. The van der Waals surface area contributed by atoms with Crippen LogP contribution in [0.3, 0.4) is 0 Å². The predicted octanol–water partition coefficient (Wildman–Crippen LogP) is 4.39. The molecule has 6 rings (SSSR count). The van der Waals surface area contributed by atoms with Gasteiger partial charge in [-0.1, -0.05) is 47.5 Å². The zero-order chi connectivity index (χ0) is 32.2. The van der Waals surface area contributed by atoms with Crippen LogP contribution in [-0.4, -0.2) is 67.9 Å². The molecule has 0 spiro atoms. The topological polar surface area (TPSA) is 158 Å². The molecule has 2 amide bonds. The van der Waals surface area contributed by atoms with Gasteiger partial charge in [0.15, 0.2) is 11.4 Å². The number of nitrogens with zero attached hydrogens (tertiary/aromatic N) is 4. The Bertz CT molecular complexity index is 1610. The first-order valence-electron chi connectivity index (χ1n) is 15.4. The summed E-state index contributed by atoms with van der Waals surface area (Å²) in [5, 5.41) is 40.4. The van der Waals surface area contributed by atoms with Crippen molar-refractivity contribution in [2.45, 2.75) is 50.9 Å². The third-order valence-electron chi connectivity index (χ3n) is 8.32. The maximum Gasteiger partial charge on any atom is 0.276 e. The molecule has 4 heterocycles. The van der Waals surface area contributed by atoms with Crippen LogP contribution in [0.25, 0.3) is 11.1 Å². The number of hydrogen-bond acceptors (Lipinski definition) is 8. The molecule has 0 saturated carbocycles. The molecule has 2 aliphatic heterocycles. The van der Waals surface area contributed by atoms with Crippen LogP contribution in [0.2, 0.25) is 10.0 Å². The fraction of sp³-hybridized carbons (Fsp3) is 0.375. The van der Waals surface area contributed by atoms with E-state index in [1.165, 1.54) is 0 Å². The second kappa shape index (κ2) is 14.3. The third-order valence-corrected chi connectivity index (χ3v) is 9.13. The zero-order valence-electron chi connectivity index (χ0n) is 25.1. The van der Waals surface area contributed by atoms with E-state index in [1.807, 2.05) is 9.36 Å². The maximum atomic E-state index is 13.3. The number of halogens is 2. The number of amides is 2. The van der Waals surface area contributed by atoms with Crippen molar-refractivity contribution in [3.05, 3.63) is 81.4 Å². The molecular weight excluding hydrogens is 631 g/mol. The van der Waals surface area contributed by atoms with E-state index >= 15 is 0 Å². The van der Waals surface area contributed by atoms with Crippen LogP contribution in [0.15, 0.2) is 48.5 Å². The Hall–Kier alpha value is -3.78. The number of aryl methyl sites for hydroxylation is 2. The number of anilines is 2. The lowest BCUT2D eigenvalue weighted by molar-refractivity contribution is 0.101. The molecule has 0 bridgehead atoms. The summed E-state index contributed by atoms with van der Waals surface area (Å²) in [6, 6.07) is 14.1. The van der Waals surface area contributed by atoms with E-state index in [0.29, 0.717) is 48.7 Å². The number of carbonyl (C=O) groups is 2. The summed E-state index contributed by atoms with van der Waals surface area (Å²) in [6.45, 7) is 2.41. The average Bonchev–Trinajstić information content (AvgIpc) is 3.71. The van der Waals surface area contributed by atoms with E-state index in [2.05, 4.69) is 31.5 Å². The number of nitrogens with one attached hydrogen (secondary N) is 4. The van der Waals surface area contributed by atoms with Gasteiger partial charge in [-0.3, -0.25) is 19.0 Å². The Balaban J connectivity index is 1.19. The van der Waals surface area contributed by atoms with E-state index in [1.54, 1.807) is 48.5 Å². The van der Waals surface area contributed by atoms with Crippen molar-refractivity contribution < 1.29 is 19.8 Å².